The number of carbonyl (C=O) groups is 2. The van der Waals surface area contributed by atoms with Crippen LogP contribution in [0.15, 0.2) is 18.3 Å². The highest BCUT2D eigenvalue weighted by Crippen LogP contribution is 2.36. The molecule has 2 aromatic heterocycles. The molecule has 2 aromatic rings. The molecule has 23 heavy (non-hydrogen) atoms. The van der Waals surface area contributed by atoms with Crippen LogP contribution in [0.2, 0.25) is 0 Å². The average molecular weight is 348 g/mol. The van der Waals surface area contributed by atoms with Crippen molar-refractivity contribution in [3.63, 3.8) is 0 Å². The van der Waals surface area contributed by atoms with Gasteiger partial charge in [0.15, 0.2) is 5.69 Å². The number of hydrogen-bond donors (Lipinski definition) is 2. The van der Waals surface area contributed by atoms with E-state index in [1.165, 1.54) is 13.0 Å². The molecule has 124 valence electrons. The van der Waals surface area contributed by atoms with E-state index in [1.54, 1.807) is 0 Å². The van der Waals surface area contributed by atoms with Gasteiger partial charge in [0, 0.05) is 4.88 Å². The Kier molecular flexibility index (Phi) is 4.68. The van der Waals surface area contributed by atoms with Crippen molar-refractivity contribution in [2.45, 2.75) is 25.7 Å². The zero-order valence-electron chi connectivity index (χ0n) is 11.7. The second kappa shape index (κ2) is 6.36. The van der Waals surface area contributed by atoms with Gasteiger partial charge in [-0.2, -0.15) is 13.2 Å². The fraction of sp³-hybridized carbons (Fsp3) is 0.333. The quantitative estimate of drug-likeness (QED) is 0.861. The molecule has 2 heterocycles. The highest BCUT2D eigenvalue weighted by Gasteiger charge is 2.33. The fourth-order valence-electron chi connectivity index (χ4n) is 1.70. The maximum Gasteiger partial charge on any atom is 0.425 e. The van der Waals surface area contributed by atoms with Crippen molar-refractivity contribution in [1.82, 2.24) is 20.3 Å². The summed E-state index contributed by atoms with van der Waals surface area (Å²) < 4.78 is 38.6. The molecule has 0 fully saturated rings. The predicted octanol–water partition coefficient (Wildman–Crippen LogP) is 1.93. The van der Waals surface area contributed by atoms with Gasteiger partial charge >= 0.3 is 12.1 Å². The van der Waals surface area contributed by atoms with Gasteiger partial charge in [-0.1, -0.05) is 5.21 Å². The van der Waals surface area contributed by atoms with Crippen LogP contribution in [0.3, 0.4) is 0 Å². The number of hydrogen-bond acceptors (Lipinski definition) is 5. The van der Waals surface area contributed by atoms with E-state index < -0.39 is 35.5 Å². The molecule has 2 N–H and O–H groups in total. The molecule has 1 unspecified atom stereocenters. The Morgan fingerprint density at radius 3 is 2.70 bits per heavy atom. The number of amides is 1. The highest BCUT2D eigenvalue weighted by molar-refractivity contribution is 7.12. The van der Waals surface area contributed by atoms with Gasteiger partial charge in [-0.15, -0.1) is 16.4 Å². The molecule has 0 spiro atoms. The third-order valence-electron chi connectivity index (χ3n) is 2.75. The Balaban J connectivity index is 2.03. The topological polar surface area (TPSA) is 97.1 Å². The number of aromatic nitrogens is 3. The predicted molar refractivity (Wildman–Crippen MR) is 72.9 cm³/mol. The molecule has 2 rings (SSSR count). The smallest absolute Gasteiger partial charge is 0.425 e. The van der Waals surface area contributed by atoms with Crippen LogP contribution in [0, 0.1) is 0 Å². The van der Waals surface area contributed by atoms with Gasteiger partial charge in [0.1, 0.15) is 11.4 Å². The number of rotatable bonds is 5. The number of nitrogens with zero attached hydrogens (tertiary/aromatic N) is 3. The minimum Gasteiger partial charge on any atom is -0.480 e. The van der Waals surface area contributed by atoms with E-state index in [2.05, 4.69) is 15.6 Å². The van der Waals surface area contributed by atoms with Crippen molar-refractivity contribution in [2.75, 3.05) is 0 Å². The first-order chi connectivity index (χ1) is 10.7. The standard InChI is InChI=1S/C12H11F3N4O3S/c1-6(8-2-3-9(23-8)12(13,14)15)16-11(22)7-4-19(18-17-7)5-10(20)21/h2-4,6H,5H2,1H3,(H,16,22)(H,20,21). The molecule has 0 saturated heterocycles. The summed E-state index contributed by atoms with van der Waals surface area (Å²) in [4.78, 5) is 22.0. The van der Waals surface area contributed by atoms with Crippen molar-refractivity contribution < 1.29 is 27.9 Å². The first-order valence-corrected chi connectivity index (χ1v) is 7.08. The molecule has 7 nitrogen and oxygen atoms in total. The largest absolute Gasteiger partial charge is 0.480 e. The third kappa shape index (κ3) is 4.28. The van der Waals surface area contributed by atoms with Crippen LogP contribution in [0.25, 0.3) is 0 Å². The molecule has 0 aliphatic rings. The second-order valence-corrected chi connectivity index (χ2v) is 5.71. The third-order valence-corrected chi connectivity index (χ3v) is 4.06. The van der Waals surface area contributed by atoms with Crippen molar-refractivity contribution in [3.8, 4) is 0 Å². The summed E-state index contributed by atoms with van der Waals surface area (Å²) in [5.41, 5.74) is -0.120. The van der Waals surface area contributed by atoms with Gasteiger partial charge in [0.25, 0.3) is 5.91 Å². The summed E-state index contributed by atoms with van der Waals surface area (Å²) in [5.74, 6) is -1.80. The maximum absolute atomic E-state index is 12.6. The van der Waals surface area contributed by atoms with Crippen LogP contribution in [0.4, 0.5) is 13.2 Å². The highest BCUT2D eigenvalue weighted by atomic mass is 32.1. The number of halogens is 3. The van der Waals surface area contributed by atoms with E-state index in [9.17, 15) is 22.8 Å². The normalized spacial score (nSPS) is 12.9. The van der Waals surface area contributed by atoms with Gasteiger partial charge in [0.2, 0.25) is 0 Å². The lowest BCUT2D eigenvalue weighted by Crippen LogP contribution is -2.26. The Labute approximate surface area is 131 Å². The fourth-order valence-corrected chi connectivity index (χ4v) is 2.58. The van der Waals surface area contributed by atoms with E-state index in [0.29, 0.717) is 16.2 Å². The lowest BCUT2D eigenvalue weighted by Gasteiger charge is -2.10. The second-order valence-electron chi connectivity index (χ2n) is 4.59. The number of carbonyl (C=O) groups excluding carboxylic acids is 1. The minimum atomic E-state index is -4.42. The molecule has 11 heteroatoms. The molecule has 0 bridgehead atoms. The molecular formula is C12H11F3N4O3S. The average Bonchev–Trinajstić information content (AvgIpc) is 3.05. The lowest BCUT2D eigenvalue weighted by atomic mass is 10.2. The maximum atomic E-state index is 12.6. The first kappa shape index (κ1) is 16.9. The van der Waals surface area contributed by atoms with Crippen molar-refractivity contribution in [1.29, 1.82) is 0 Å². The van der Waals surface area contributed by atoms with Crippen LogP contribution in [0.5, 0.6) is 0 Å². The zero-order valence-corrected chi connectivity index (χ0v) is 12.5. The summed E-state index contributed by atoms with van der Waals surface area (Å²) in [5, 5.41) is 18.1. The van der Waals surface area contributed by atoms with E-state index in [4.69, 9.17) is 5.11 Å². The Hall–Kier alpha value is -2.43. The van der Waals surface area contributed by atoms with E-state index in [-0.39, 0.29) is 5.69 Å². The van der Waals surface area contributed by atoms with E-state index in [1.807, 2.05) is 0 Å². The number of alkyl halides is 3. The molecular weight excluding hydrogens is 337 g/mol. The Morgan fingerprint density at radius 2 is 2.13 bits per heavy atom. The van der Waals surface area contributed by atoms with Crippen molar-refractivity contribution in [3.05, 3.63) is 33.8 Å². The Bertz CT molecular complexity index is 725. The van der Waals surface area contributed by atoms with E-state index >= 15 is 0 Å². The number of thiophene rings is 1. The first-order valence-electron chi connectivity index (χ1n) is 6.26. The van der Waals surface area contributed by atoms with Crippen LogP contribution < -0.4 is 5.32 Å². The van der Waals surface area contributed by atoms with Gasteiger partial charge < -0.3 is 10.4 Å². The minimum absolute atomic E-state index is 0.120. The molecule has 0 aliphatic carbocycles. The number of carboxylic acids is 1. The Morgan fingerprint density at radius 1 is 1.43 bits per heavy atom. The van der Waals surface area contributed by atoms with Crippen LogP contribution >= 0.6 is 11.3 Å². The molecule has 1 atom stereocenters. The molecule has 0 aliphatic heterocycles. The monoisotopic (exact) mass is 348 g/mol. The summed E-state index contributed by atoms with van der Waals surface area (Å²) >= 11 is 0.540. The zero-order chi connectivity index (χ0) is 17.2. The SMILES string of the molecule is CC(NC(=O)c1cn(CC(=O)O)nn1)c1ccc(C(F)(F)F)s1. The lowest BCUT2D eigenvalue weighted by molar-refractivity contribution is -0.138. The van der Waals surface area contributed by atoms with Gasteiger partial charge in [-0.3, -0.25) is 9.59 Å². The van der Waals surface area contributed by atoms with Gasteiger partial charge in [0.05, 0.1) is 12.2 Å². The van der Waals surface area contributed by atoms with Crippen LogP contribution in [0.1, 0.15) is 33.2 Å². The molecule has 0 radical (unpaired) electrons. The summed E-state index contributed by atoms with van der Waals surface area (Å²) in [6.07, 6.45) is -3.28. The van der Waals surface area contributed by atoms with Crippen LogP contribution in [-0.2, 0) is 17.5 Å². The number of aliphatic carboxylic acids is 1. The summed E-state index contributed by atoms with van der Waals surface area (Å²) in [7, 11) is 0. The molecule has 1 amide bonds. The number of nitrogens with one attached hydrogen (secondary N) is 1. The van der Waals surface area contributed by atoms with Gasteiger partial charge in [-0.05, 0) is 19.1 Å². The van der Waals surface area contributed by atoms with Crippen LogP contribution in [-0.4, -0.2) is 32.0 Å². The molecule has 0 aromatic carbocycles. The number of carboxylic acid groups (broad SMARTS) is 1. The van der Waals surface area contributed by atoms with E-state index in [0.717, 1.165) is 16.9 Å². The summed E-state index contributed by atoms with van der Waals surface area (Å²) in [6, 6.07) is 1.58. The van der Waals surface area contributed by atoms with Gasteiger partial charge in [-0.25, -0.2) is 4.68 Å². The molecule has 0 saturated carbocycles. The van der Waals surface area contributed by atoms with Crippen molar-refractivity contribution >= 4 is 23.2 Å². The van der Waals surface area contributed by atoms with Crippen molar-refractivity contribution in [2.24, 2.45) is 0 Å². The summed E-state index contributed by atoms with van der Waals surface area (Å²) in [6.45, 7) is 1.08.